The third kappa shape index (κ3) is 4.47. The molecule has 2 atom stereocenters. The Balaban J connectivity index is 1.99. The van der Waals surface area contributed by atoms with E-state index in [0.29, 0.717) is 12.0 Å². The van der Waals surface area contributed by atoms with Gasteiger partial charge in [0, 0.05) is 25.2 Å². The molecule has 2 rings (SSSR count). The molecule has 0 radical (unpaired) electrons. The van der Waals surface area contributed by atoms with E-state index in [1.165, 1.54) is 0 Å². The van der Waals surface area contributed by atoms with Crippen LogP contribution < -0.4 is 5.32 Å². The summed E-state index contributed by atoms with van der Waals surface area (Å²) >= 11 is 0. The minimum absolute atomic E-state index is 0.0769. The summed E-state index contributed by atoms with van der Waals surface area (Å²) in [6.45, 7) is 5.84. The molecule has 1 heterocycles. The second-order valence-electron chi connectivity index (χ2n) is 6.42. The third-order valence-corrected chi connectivity index (χ3v) is 4.60. The first-order valence-corrected chi connectivity index (χ1v) is 8.35. The molecule has 6 heteroatoms. The average Bonchev–Trinajstić information content (AvgIpc) is 2.81. The molecular weight excluding hydrogens is 318 g/mol. The molecule has 0 bridgehead atoms. The lowest BCUT2D eigenvalue weighted by Crippen LogP contribution is -2.35. The first kappa shape index (κ1) is 18.7. The van der Waals surface area contributed by atoms with Crippen LogP contribution in [-0.4, -0.2) is 33.3 Å². The summed E-state index contributed by atoms with van der Waals surface area (Å²) in [6, 6.07) is 8.95. The van der Waals surface area contributed by atoms with Crippen LogP contribution in [0.3, 0.4) is 0 Å². The highest BCUT2D eigenvalue weighted by atomic mass is 16.4. The van der Waals surface area contributed by atoms with Crippen LogP contribution in [0.4, 0.5) is 0 Å². The van der Waals surface area contributed by atoms with Crippen LogP contribution in [0.5, 0.6) is 0 Å². The number of carbonyl (C=O) groups excluding carboxylic acids is 1. The van der Waals surface area contributed by atoms with Crippen molar-refractivity contribution in [2.75, 3.05) is 6.54 Å². The Kier molecular flexibility index (Phi) is 5.96. The summed E-state index contributed by atoms with van der Waals surface area (Å²) in [6.07, 6.45) is 0.584. The Morgan fingerprint density at radius 1 is 1.24 bits per heavy atom. The monoisotopic (exact) mass is 343 g/mol. The molecule has 0 saturated carbocycles. The molecule has 0 aliphatic rings. The van der Waals surface area contributed by atoms with Crippen molar-refractivity contribution in [1.82, 2.24) is 15.1 Å². The van der Waals surface area contributed by atoms with Crippen molar-refractivity contribution in [1.29, 1.82) is 0 Å². The molecule has 2 unspecified atom stereocenters. The SMILES string of the molecule is Cc1nn(C)c(C)c1CC(C)C(=O)NCC(C(=O)O)c1ccccc1. The predicted molar refractivity (Wildman–Crippen MR) is 95.4 cm³/mol. The summed E-state index contributed by atoms with van der Waals surface area (Å²) < 4.78 is 1.81. The summed E-state index contributed by atoms with van der Waals surface area (Å²) in [7, 11) is 1.88. The summed E-state index contributed by atoms with van der Waals surface area (Å²) in [5, 5.41) is 16.6. The number of aryl methyl sites for hydroxylation is 2. The molecule has 2 N–H and O–H groups in total. The van der Waals surface area contributed by atoms with Gasteiger partial charge < -0.3 is 10.4 Å². The highest BCUT2D eigenvalue weighted by Gasteiger charge is 2.23. The molecule has 25 heavy (non-hydrogen) atoms. The summed E-state index contributed by atoms with van der Waals surface area (Å²) in [4.78, 5) is 23.9. The molecular formula is C19H25N3O3. The van der Waals surface area contributed by atoms with E-state index in [0.717, 1.165) is 17.0 Å². The van der Waals surface area contributed by atoms with Crippen molar-refractivity contribution in [3.63, 3.8) is 0 Å². The van der Waals surface area contributed by atoms with E-state index in [1.54, 1.807) is 24.3 Å². The lowest BCUT2D eigenvalue weighted by Gasteiger charge is -2.17. The third-order valence-electron chi connectivity index (χ3n) is 4.60. The van der Waals surface area contributed by atoms with Crippen LogP contribution in [0.25, 0.3) is 0 Å². The van der Waals surface area contributed by atoms with Crippen LogP contribution >= 0.6 is 0 Å². The first-order valence-electron chi connectivity index (χ1n) is 8.35. The predicted octanol–water partition coefficient (Wildman–Crippen LogP) is 2.20. The van der Waals surface area contributed by atoms with Gasteiger partial charge in [0.1, 0.15) is 0 Å². The van der Waals surface area contributed by atoms with Gasteiger partial charge in [0.25, 0.3) is 0 Å². The van der Waals surface area contributed by atoms with Crippen LogP contribution in [0.2, 0.25) is 0 Å². The standard InChI is InChI=1S/C19H25N3O3/c1-12(10-16-13(2)21-22(4)14(16)3)18(23)20-11-17(19(24)25)15-8-6-5-7-9-15/h5-9,12,17H,10-11H2,1-4H3,(H,20,23)(H,24,25). The normalized spacial score (nSPS) is 13.3. The minimum Gasteiger partial charge on any atom is -0.481 e. The minimum atomic E-state index is -0.946. The Bertz CT molecular complexity index is 753. The Labute approximate surface area is 147 Å². The van der Waals surface area contributed by atoms with E-state index < -0.39 is 11.9 Å². The maximum atomic E-state index is 12.4. The van der Waals surface area contributed by atoms with Crippen molar-refractivity contribution in [2.24, 2.45) is 13.0 Å². The van der Waals surface area contributed by atoms with E-state index in [1.807, 2.05) is 38.6 Å². The fourth-order valence-electron chi connectivity index (χ4n) is 2.92. The van der Waals surface area contributed by atoms with Gasteiger partial charge >= 0.3 is 5.97 Å². The fraction of sp³-hybridized carbons (Fsp3) is 0.421. The number of carboxylic acids is 1. The number of aromatic nitrogens is 2. The number of nitrogens with one attached hydrogen (secondary N) is 1. The second-order valence-corrected chi connectivity index (χ2v) is 6.42. The van der Waals surface area contributed by atoms with E-state index >= 15 is 0 Å². The Hall–Kier alpha value is -2.63. The van der Waals surface area contributed by atoms with Gasteiger partial charge in [0.05, 0.1) is 11.6 Å². The van der Waals surface area contributed by atoms with Crippen molar-refractivity contribution >= 4 is 11.9 Å². The van der Waals surface area contributed by atoms with Gasteiger partial charge in [-0.05, 0) is 31.4 Å². The van der Waals surface area contributed by atoms with Crippen molar-refractivity contribution < 1.29 is 14.7 Å². The van der Waals surface area contributed by atoms with E-state index in [9.17, 15) is 14.7 Å². The maximum absolute atomic E-state index is 12.4. The van der Waals surface area contributed by atoms with Gasteiger partial charge in [-0.15, -0.1) is 0 Å². The smallest absolute Gasteiger partial charge is 0.312 e. The van der Waals surface area contributed by atoms with Crippen LogP contribution in [0, 0.1) is 19.8 Å². The zero-order valence-corrected chi connectivity index (χ0v) is 15.1. The number of benzene rings is 1. The van der Waals surface area contributed by atoms with E-state index in [-0.39, 0.29) is 18.4 Å². The topological polar surface area (TPSA) is 84.2 Å². The lowest BCUT2D eigenvalue weighted by molar-refractivity contribution is -0.138. The molecule has 0 spiro atoms. The van der Waals surface area contributed by atoms with Gasteiger partial charge in [-0.2, -0.15) is 5.10 Å². The number of carbonyl (C=O) groups is 2. The number of hydrogen-bond acceptors (Lipinski definition) is 3. The molecule has 2 aromatic rings. The average molecular weight is 343 g/mol. The number of rotatable bonds is 7. The molecule has 1 aromatic carbocycles. The molecule has 0 saturated heterocycles. The number of amides is 1. The van der Waals surface area contributed by atoms with E-state index in [2.05, 4.69) is 10.4 Å². The van der Waals surface area contributed by atoms with Crippen LogP contribution in [-0.2, 0) is 23.1 Å². The number of nitrogens with zero attached hydrogens (tertiary/aromatic N) is 2. The maximum Gasteiger partial charge on any atom is 0.312 e. The number of carboxylic acid groups (broad SMARTS) is 1. The Morgan fingerprint density at radius 3 is 2.40 bits per heavy atom. The molecule has 0 fully saturated rings. The highest BCUT2D eigenvalue weighted by molar-refractivity contribution is 5.81. The van der Waals surface area contributed by atoms with Crippen molar-refractivity contribution in [3.05, 3.63) is 52.8 Å². The highest BCUT2D eigenvalue weighted by Crippen LogP contribution is 2.18. The zero-order chi connectivity index (χ0) is 18.6. The van der Waals surface area contributed by atoms with Gasteiger partial charge in [0.15, 0.2) is 0 Å². The van der Waals surface area contributed by atoms with Gasteiger partial charge in [-0.3, -0.25) is 14.3 Å². The summed E-state index contributed by atoms with van der Waals surface area (Å²) in [5.74, 6) is -2.10. The molecule has 134 valence electrons. The van der Waals surface area contributed by atoms with Gasteiger partial charge in [0.2, 0.25) is 5.91 Å². The molecule has 6 nitrogen and oxygen atoms in total. The van der Waals surface area contributed by atoms with Gasteiger partial charge in [-0.1, -0.05) is 37.3 Å². The Morgan fingerprint density at radius 2 is 1.88 bits per heavy atom. The fourth-order valence-corrected chi connectivity index (χ4v) is 2.92. The number of aliphatic carboxylic acids is 1. The quantitative estimate of drug-likeness (QED) is 0.807. The second kappa shape index (κ2) is 7.96. The zero-order valence-electron chi connectivity index (χ0n) is 15.1. The van der Waals surface area contributed by atoms with Crippen LogP contribution in [0.15, 0.2) is 30.3 Å². The lowest BCUT2D eigenvalue weighted by atomic mass is 9.97. The molecule has 1 amide bonds. The first-order chi connectivity index (χ1) is 11.8. The van der Waals surface area contributed by atoms with Crippen LogP contribution in [0.1, 0.15) is 35.4 Å². The molecule has 1 aromatic heterocycles. The summed E-state index contributed by atoms with van der Waals surface area (Å²) in [5.41, 5.74) is 3.72. The van der Waals surface area contributed by atoms with Crippen molar-refractivity contribution in [2.45, 2.75) is 33.1 Å². The molecule has 0 aliphatic heterocycles. The largest absolute Gasteiger partial charge is 0.481 e. The van der Waals surface area contributed by atoms with Crippen molar-refractivity contribution in [3.8, 4) is 0 Å². The van der Waals surface area contributed by atoms with Gasteiger partial charge in [-0.25, -0.2) is 0 Å². The molecule has 0 aliphatic carbocycles. The van der Waals surface area contributed by atoms with E-state index in [4.69, 9.17) is 0 Å². The number of hydrogen-bond donors (Lipinski definition) is 2.